The van der Waals surface area contributed by atoms with Gasteiger partial charge in [0.1, 0.15) is 0 Å². The van der Waals surface area contributed by atoms with Crippen LogP contribution in [0.25, 0.3) is 0 Å². The van der Waals surface area contributed by atoms with E-state index in [9.17, 15) is 4.79 Å². The molecular formula is C18H29ClN2O2. The number of hydrogen-bond acceptors (Lipinski definition) is 3. The molecule has 1 aliphatic rings. The molecule has 1 aromatic rings. The summed E-state index contributed by atoms with van der Waals surface area (Å²) in [7, 11) is 0. The van der Waals surface area contributed by atoms with Gasteiger partial charge in [-0.2, -0.15) is 0 Å². The van der Waals surface area contributed by atoms with E-state index in [1.807, 2.05) is 31.2 Å². The van der Waals surface area contributed by atoms with Crippen LogP contribution in [-0.4, -0.2) is 25.7 Å². The van der Waals surface area contributed by atoms with Crippen LogP contribution in [-0.2, 0) is 16.0 Å². The molecule has 4 nitrogen and oxygen atoms in total. The molecule has 0 bridgehead atoms. The van der Waals surface area contributed by atoms with Crippen molar-refractivity contribution in [2.45, 2.75) is 45.4 Å². The third-order valence-corrected chi connectivity index (χ3v) is 4.73. The van der Waals surface area contributed by atoms with Gasteiger partial charge in [-0.25, -0.2) is 0 Å². The standard InChI is InChI=1S/C18H28N2O2.ClH/c1-2-22-13-12-18(10-5-11-18)14-20-17(21)9-8-15-6-3-4-7-16(15)19;/h3-4,6-7H,2,5,8-14,19H2,1H3,(H,20,21);1H. The summed E-state index contributed by atoms with van der Waals surface area (Å²) < 4.78 is 5.46. The van der Waals surface area contributed by atoms with Gasteiger partial charge in [0.25, 0.3) is 0 Å². The van der Waals surface area contributed by atoms with Crippen molar-refractivity contribution in [3.8, 4) is 0 Å². The highest BCUT2D eigenvalue weighted by molar-refractivity contribution is 5.85. The molecule has 0 heterocycles. The minimum absolute atomic E-state index is 0. The molecule has 0 spiro atoms. The van der Waals surface area contributed by atoms with E-state index in [-0.39, 0.29) is 23.7 Å². The number of halogens is 1. The third kappa shape index (κ3) is 6.04. The highest BCUT2D eigenvalue weighted by atomic mass is 35.5. The topological polar surface area (TPSA) is 64.3 Å². The van der Waals surface area contributed by atoms with Gasteiger partial charge in [0.05, 0.1) is 0 Å². The van der Waals surface area contributed by atoms with Gasteiger partial charge in [0.15, 0.2) is 0 Å². The van der Waals surface area contributed by atoms with Gasteiger partial charge >= 0.3 is 0 Å². The maximum atomic E-state index is 12.1. The lowest BCUT2D eigenvalue weighted by atomic mass is 9.66. The lowest BCUT2D eigenvalue weighted by Gasteiger charge is -2.42. The lowest BCUT2D eigenvalue weighted by Crippen LogP contribution is -2.43. The van der Waals surface area contributed by atoms with Gasteiger partial charge in [0.2, 0.25) is 5.91 Å². The average Bonchev–Trinajstić information content (AvgIpc) is 2.48. The van der Waals surface area contributed by atoms with Crippen LogP contribution in [0.2, 0.25) is 0 Å². The Hall–Kier alpha value is -1.26. The summed E-state index contributed by atoms with van der Waals surface area (Å²) in [6, 6.07) is 7.74. The Morgan fingerprint density at radius 1 is 1.35 bits per heavy atom. The second-order valence-corrected chi connectivity index (χ2v) is 6.28. The van der Waals surface area contributed by atoms with Gasteiger partial charge in [-0.3, -0.25) is 4.79 Å². The Balaban J connectivity index is 0.00000264. The Morgan fingerprint density at radius 2 is 2.09 bits per heavy atom. The molecule has 0 aromatic heterocycles. The molecule has 0 atom stereocenters. The van der Waals surface area contributed by atoms with Gasteiger partial charge in [0, 0.05) is 31.9 Å². The fourth-order valence-electron chi connectivity index (χ4n) is 3.01. The van der Waals surface area contributed by atoms with Crippen molar-refractivity contribution in [1.82, 2.24) is 5.32 Å². The zero-order chi connectivity index (χ0) is 15.8. The first-order valence-electron chi connectivity index (χ1n) is 8.33. The molecule has 1 saturated carbocycles. The van der Waals surface area contributed by atoms with Gasteiger partial charge in [-0.05, 0) is 49.7 Å². The van der Waals surface area contributed by atoms with Crippen LogP contribution in [0.1, 0.15) is 44.6 Å². The Morgan fingerprint density at radius 3 is 2.70 bits per heavy atom. The maximum Gasteiger partial charge on any atom is 0.220 e. The van der Waals surface area contributed by atoms with Crippen LogP contribution in [0.3, 0.4) is 0 Å². The summed E-state index contributed by atoms with van der Waals surface area (Å²) in [6.45, 7) is 4.36. The largest absolute Gasteiger partial charge is 0.399 e. The Labute approximate surface area is 145 Å². The second kappa shape index (κ2) is 9.78. The van der Waals surface area contributed by atoms with Gasteiger partial charge < -0.3 is 15.8 Å². The van der Waals surface area contributed by atoms with E-state index in [1.165, 1.54) is 19.3 Å². The Bertz CT molecular complexity index is 490. The molecule has 1 aromatic carbocycles. The molecule has 1 aliphatic carbocycles. The van der Waals surface area contributed by atoms with E-state index in [0.717, 1.165) is 37.4 Å². The van der Waals surface area contributed by atoms with Crippen molar-refractivity contribution in [1.29, 1.82) is 0 Å². The lowest BCUT2D eigenvalue weighted by molar-refractivity contribution is -0.122. The zero-order valence-corrected chi connectivity index (χ0v) is 14.8. The van der Waals surface area contributed by atoms with E-state index in [4.69, 9.17) is 10.5 Å². The first-order chi connectivity index (χ1) is 10.7. The van der Waals surface area contributed by atoms with Crippen molar-refractivity contribution in [3.05, 3.63) is 29.8 Å². The van der Waals surface area contributed by atoms with Crippen molar-refractivity contribution >= 4 is 24.0 Å². The number of carbonyl (C=O) groups is 1. The monoisotopic (exact) mass is 340 g/mol. The maximum absolute atomic E-state index is 12.1. The molecule has 0 saturated heterocycles. The molecule has 0 radical (unpaired) electrons. The van der Waals surface area contributed by atoms with Crippen molar-refractivity contribution in [3.63, 3.8) is 0 Å². The molecule has 130 valence electrons. The van der Waals surface area contributed by atoms with Crippen LogP contribution < -0.4 is 11.1 Å². The van der Waals surface area contributed by atoms with Crippen molar-refractivity contribution in [2.75, 3.05) is 25.5 Å². The summed E-state index contributed by atoms with van der Waals surface area (Å²) in [5.41, 5.74) is 7.99. The first kappa shape index (κ1) is 19.8. The van der Waals surface area contributed by atoms with E-state index in [2.05, 4.69) is 5.32 Å². The van der Waals surface area contributed by atoms with E-state index >= 15 is 0 Å². The molecule has 3 N–H and O–H groups in total. The number of nitrogens with two attached hydrogens (primary N) is 1. The number of benzene rings is 1. The number of anilines is 1. The molecule has 1 amide bonds. The van der Waals surface area contributed by atoms with E-state index in [0.29, 0.717) is 12.8 Å². The fourth-order valence-corrected chi connectivity index (χ4v) is 3.01. The number of ether oxygens (including phenoxy) is 1. The number of carbonyl (C=O) groups excluding carboxylic acids is 1. The SMILES string of the molecule is CCOCCC1(CNC(=O)CCc2ccccc2N)CCC1.Cl. The molecule has 23 heavy (non-hydrogen) atoms. The van der Waals surface area contributed by atoms with Crippen molar-refractivity contribution in [2.24, 2.45) is 5.41 Å². The van der Waals surface area contributed by atoms with Crippen LogP contribution in [0.4, 0.5) is 5.69 Å². The summed E-state index contributed by atoms with van der Waals surface area (Å²) in [5, 5.41) is 3.11. The molecule has 0 unspecified atom stereocenters. The Kier molecular flexibility index (Phi) is 8.42. The number of amides is 1. The number of nitrogen functional groups attached to an aromatic ring is 1. The number of rotatable bonds is 9. The first-order valence-corrected chi connectivity index (χ1v) is 8.33. The second-order valence-electron chi connectivity index (χ2n) is 6.28. The summed E-state index contributed by atoms with van der Waals surface area (Å²) in [6.07, 6.45) is 5.91. The average molecular weight is 341 g/mol. The van der Waals surface area contributed by atoms with E-state index < -0.39 is 0 Å². The minimum atomic E-state index is 0. The number of para-hydroxylation sites is 1. The summed E-state index contributed by atoms with van der Waals surface area (Å²) >= 11 is 0. The molecule has 0 aliphatic heterocycles. The van der Waals surface area contributed by atoms with Crippen LogP contribution >= 0.6 is 12.4 Å². The molecule has 1 fully saturated rings. The van der Waals surface area contributed by atoms with Crippen LogP contribution in [0, 0.1) is 5.41 Å². The predicted octanol–water partition coefficient (Wildman–Crippen LogP) is 3.34. The van der Waals surface area contributed by atoms with Crippen LogP contribution in [0.5, 0.6) is 0 Å². The predicted molar refractivity (Wildman–Crippen MR) is 96.8 cm³/mol. The zero-order valence-electron chi connectivity index (χ0n) is 14.0. The van der Waals surface area contributed by atoms with Gasteiger partial charge in [-0.1, -0.05) is 24.6 Å². The smallest absolute Gasteiger partial charge is 0.220 e. The normalized spacial score (nSPS) is 15.3. The van der Waals surface area contributed by atoms with Crippen LogP contribution in [0.15, 0.2) is 24.3 Å². The minimum Gasteiger partial charge on any atom is -0.399 e. The highest BCUT2D eigenvalue weighted by Gasteiger charge is 2.36. The quantitative estimate of drug-likeness (QED) is 0.535. The number of hydrogen-bond donors (Lipinski definition) is 2. The fraction of sp³-hybridized carbons (Fsp3) is 0.611. The number of aryl methyl sites for hydroxylation is 1. The summed E-state index contributed by atoms with van der Waals surface area (Å²) in [5.74, 6) is 0.117. The number of nitrogens with one attached hydrogen (secondary N) is 1. The third-order valence-electron chi connectivity index (χ3n) is 4.73. The van der Waals surface area contributed by atoms with E-state index in [1.54, 1.807) is 0 Å². The molecular weight excluding hydrogens is 312 g/mol. The molecule has 2 rings (SSSR count). The van der Waals surface area contributed by atoms with Crippen molar-refractivity contribution < 1.29 is 9.53 Å². The van der Waals surface area contributed by atoms with Gasteiger partial charge in [-0.15, -0.1) is 12.4 Å². The summed E-state index contributed by atoms with van der Waals surface area (Å²) in [4.78, 5) is 12.1. The highest BCUT2D eigenvalue weighted by Crippen LogP contribution is 2.43. The molecule has 5 heteroatoms.